The van der Waals surface area contributed by atoms with E-state index in [1.54, 1.807) is 12.1 Å². The smallest absolute Gasteiger partial charge is 0.264 e. The highest BCUT2D eigenvalue weighted by atomic mass is 32.2. The maximum absolute atomic E-state index is 13.5. The van der Waals surface area contributed by atoms with Gasteiger partial charge in [0, 0.05) is 23.5 Å². The quantitative estimate of drug-likeness (QED) is 0.446. The van der Waals surface area contributed by atoms with Crippen LogP contribution in [0.2, 0.25) is 0 Å². The van der Waals surface area contributed by atoms with Gasteiger partial charge in [-0.2, -0.15) is 11.8 Å². The molecule has 1 aliphatic heterocycles. The average Bonchev–Trinajstić information content (AvgIpc) is 3.23. The van der Waals surface area contributed by atoms with E-state index in [1.165, 1.54) is 82.1 Å². The number of carbonyl (C=O) groups excluding carboxylic acids is 1. The molecule has 5 heteroatoms. The zero-order valence-corrected chi connectivity index (χ0v) is 20.3. The summed E-state index contributed by atoms with van der Waals surface area (Å²) in [5, 5.41) is 0.440. The predicted octanol–water partition coefficient (Wildman–Crippen LogP) is 7.25. The van der Waals surface area contributed by atoms with Crippen molar-refractivity contribution >= 4 is 23.4 Å². The van der Waals surface area contributed by atoms with Gasteiger partial charge in [0.15, 0.2) is 6.61 Å². The number of anilines is 1. The minimum Gasteiger partial charge on any atom is -0.484 e. The molecule has 0 bridgehead atoms. The number of ether oxygens (including phenoxy) is 1. The lowest BCUT2D eigenvalue weighted by molar-refractivity contribution is -0.120. The zero-order valence-electron chi connectivity index (χ0n) is 19.5. The molecule has 1 amide bonds. The molecule has 1 atom stereocenters. The Balaban J connectivity index is 1.50. The van der Waals surface area contributed by atoms with Crippen molar-refractivity contribution in [1.82, 2.24) is 0 Å². The van der Waals surface area contributed by atoms with Crippen molar-refractivity contribution in [3.8, 4) is 5.75 Å². The second-order valence-corrected chi connectivity index (χ2v) is 10.8. The maximum Gasteiger partial charge on any atom is 0.264 e. The van der Waals surface area contributed by atoms with Gasteiger partial charge >= 0.3 is 0 Å². The van der Waals surface area contributed by atoms with E-state index in [9.17, 15) is 9.18 Å². The van der Waals surface area contributed by atoms with Crippen LogP contribution in [-0.2, 0) is 4.79 Å². The lowest BCUT2D eigenvalue weighted by atomic mass is 9.72. The molecule has 0 N–H and O–H groups in total. The van der Waals surface area contributed by atoms with Gasteiger partial charge in [-0.3, -0.25) is 4.79 Å². The second kappa shape index (κ2) is 11.9. The largest absolute Gasteiger partial charge is 0.484 e. The Morgan fingerprint density at radius 1 is 0.939 bits per heavy atom. The summed E-state index contributed by atoms with van der Waals surface area (Å²) in [6, 6.07) is 15.9. The zero-order chi connectivity index (χ0) is 22.9. The van der Waals surface area contributed by atoms with Crippen LogP contribution in [0.25, 0.3) is 0 Å². The van der Waals surface area contributed by atoms with Gasteiger partial charge < -0.3 is 9.64 Å². The number of hydrogen-bond acceptors (Lipinski definition) is 3. The van der Waals surface area contributed by atoms with Crippen LogP contribution in [0.3, 0.4) is 0 Å². The third-order valence-corrected chi connectivity index (χ3v) is 8.82. The Kier molecular flexibility index (Phi) is 8.71. The van der Waals surface area contributed by atoms with Crippen molar-refractivity contribution in [1.29, 1.82) is 0 Å². The molecular formula is C28H36FNO2S. The van der Waals surface area contributed by atoms with Gasteiger partial charge in [0.2, 0.25) is 0 Å². The Hall–Kier alpha value is -2.01. The summed E-state index contributed by atoms with van der Waals surface area (Å²) in [5.74, 6) is 1.13. The highest BCUT2D eigenvalue weighted by Gasteiger charge is 2.43. The van der Waals surface area contributed by atoms with Gasteiger partial charge in [-0.25, -0.2) is 4.39 Å². The van der Waals surface area contributed by atoms with Crippen LogP contribution >= 0.6 is 11.8 Å². The summed E-state index contributed by atoms with van der Waals surface area (Å²) in [6.07, 6.45) is 13.2. The minimum atomic E-state index is -0.361. The van der Waals surface area contributed by atoms with E-state index >= 15 is 0 Å². The maximum atomic E-state index is 13.5. The van der Waals surface area contributed by atoms with E-state index in [-0.39, 0.29) is 18.3 Å². The van der Waals surface area contributed by atoms with Gasteiger partial charge in [0.05, 0.1) is 0 Å². The molecule has 1 saturated heterocycles. The highest BCUT2D eigenvalue weighted by Crippen LogP contribution is 2.51. The first-order valence-electron chi connectivity index (χ1n) is 12.5. The number of thioether (sulfide) groups is 1. The fourth-order valence-electron chi connectivity index (χ4n) is 5.43. The van der Waals surface area contributed by atoms with E-state index < -0.39 is 0 Å². The number of nitrogens with zero attached hydrogens (tertiary/aromatic N) is 1. The van der Waals surface area contributed by atoms with Crippen LogP contribution in [0.4, 0.5) is 10.1 Å². The van der Waals surface area contributed by atoms with Crippen LogP contribution in [0.1, 0.15) is 64.2 Å². The molecule has 1 aliphatic carbocycles. The molecule has 33 heavy (non-hydrogen) atoms. The van der Waals surface area contributed by atoms with Crippen molar-refractivity contribution < 1.29 is 13.9 Å². The Morgan fingerprint density at radius 3 is 2.33 bits per heavy atom. The van der Waals surface area contributed by atoms with E-state index in [4.69, 9.17) is 4.74 Å². The van der Waals surface area contributed by atoms with Crippen molar-refractivity contribution in [3.05, 3.63) is 60.4 Å². The van der Waals surface area contributed by atoms with E-state index in [0.29, 0.717) is 23.0 Å². The summed E-state index contributed by atoms with van der Waals surface area (Å²) < 4.78 is 19.2. The summed E-state index contributed by atoms with van der Waals surface area (Å²) in [5.41, 5.74) is 1.24. The number of hydrogen-bond donors (Lipinski definition) is 0. The first-order valence-corrected chi connectivity index (χ1v) is 13.6. The van der Waals surface area contributed by atoms with Crippen molar-refractivity contribution in [2.75, 3.05) is 23.8 Å². The fraction of sp³-hybridized carbons (Fsp3) is 0.536. The molecule has 0 aromatic heterocycles. The molecule has 0 radical (unpaired) electrons. The van der Waals surface area contributed by atoms with Gasteiger partial charge in [-0.15, -0.1) is 0 Å². The molecule has 2 aliphatic rings. The molecule has 1 spiro atoms. The fourth-order valence-corrected chi connectivity index (χ4v) is 7.20. The molecule has 1 saturated carbocycles. The van der Waals surface area contributed by atoms with E-state index in [2.05, 4.69) is 0 Å². The lowest BCUT2D eigenvalue weighted by Gasteiger charge is -2.38. The summed E-state index contributed by atoms with van der Waals surface area (Å²) in [6.45, 7) is 0.614. The molecule has 4 rings (SSSR count). The Bertz CT molecular complexity index is 880. The number of halogens is 1. The van der Waals surface area contributed by atoms with E-state index in [0.717, 1.165) is 5.69 Å². The third-order valence-electron chi connectivity index (χ3n) is 7.33. The molecule has 2 fully saturated rings. The van der Waals surface area contributed by atoms with Gasteiger partial charge in [-0.1, -0.05) is 69.2 Å². The van der Waals surface area contributed by atoms with Crippen LogP contribution in [-0.4, -0.2) is 30.1 Å². The van der Waals surface area contributed by atoms with Crippen LogP contribution in [0.15, 0.2) is 54.6 Å². The first kappa shape index (κ1) is 24.1. The normalized spacial score (nSPS) is 20.9. The number of benzene rings is 2. The number of rotatable bonds is 6. The summed E-state index contributed by atoms with van der Waals surface area (Å²) in [4.78, 5) is 15.3. The van der Waals surface area contributed by atoms with Crippen LogP contribution in [0.5, 0.6) is 5.75 Å². The third kappa shape index (κ3) is 6.53. The minimum absolute atomic E-state index is 0.0759. The van der Waals surface area contributed by atoms with Crippen molar-refractivity contribution in [3.63, 3.8) is 0 Å². The van der Waals surface area contributed by atoms with E-state index in [1.807, 2.05) is 47.0 Å². The SMILES string of the molecule is O=C(COc1cccc(F)c1)N(CC1SCCC12CCCCCCCCC2)c1ccccc1. The van der Waals surface area contributed by atoms with Gasteiger partial charge in [-0.05, 0) is 54.7 Å². The standard InChI is InChI=1S/C28H36FNO2S/c29-23-12-11-15-25(20-23)32-22-27(31)30(24-13-7-6-8-14-24)21-26-28(18-19-33-26)16-9-4-2-1-3-5-10-17-28/h6-8,11-15,20,26H,1-5,9-10,16-19,21-22H2. The topological polar surface area (TPSA) is 29.5 Å². The molecule has 1 unspecified atom stereocenters. The first-order chi connectivity index (χ1) is 16.2. The van der Waals surface area contributed by atoms with Crippen molar-refractivity contribution in [2.24, 2.45) is 5.41 Å². The molecule has 178 valence electrons. The monoisotopic (exact) mass is 469 g/mol. The van der Waals surface area contributed by atoms with Crippen LogP contribution < -0.4 is 9.64 Å². The molecule has 2 aromatic carbocycles. The Morgan fingerprint density at radius 2 is 1.64 bits per heavy atom. The van der Waals surface area contributed by atoms with Gasteiger partial charge in [0.25, 0.3) is 5.91 Å². The second-order valence-electron chi connectivity index (χ2n) is 9.53. The Labute approximate surface area is 202 Å². The lowest BCUT2D eigenvalue weighted by Crippen LogP contribution is -2.44. The number of amides is 1. The van der Waals surface area contributed by atoms with Gasteiger partial charge in [0.1, 0.15) is 11.6 Å². The van der Waals surface area contributed by atoms with Crippen LogP contribution in [0, 0.1) is 11.2 Å². The average molecular weight is 470 g/mol. The highest BCUT2D eigenvalue weighted by molar-refractivity contribution is 8.00. The molecule has 1 heterocycles. The summed E-state index contributed by atoms with van der Waals surface area (Å²) in [7, 11) is 0. The number of carbonyl (C=O) groups is 1. The van der Waals surface area contributed by atoms with Crippen molar-refractivity contribution in [2.45, 2.75) is 69.5 Å². The number of para-hydroxylation sites is 1. The molecular weight excluding hydrogens is 433 g/mol. The molecule has 2 aromatic rings. The summed E-state index contributed by atoms with van der Waals surface area (Å²) >= 11 is 2.05. The predicted molar refractivity (Wildman–Crippen MR) is 136 cm³/mol. The molecule has 3 nitrogen and oxygen atoms in total.